The van der Waals surface area contributed by atoms with Crippen molar-refractivity contribution >= 4 is 31.9 Å². The number of carbonyl (C=O) groups is 1. The van der Waals surface area contributed by atoms with Gasteiger partial charge in [-0.3, -0.25) is 9.69 Å². The third-order valence-corrected chi connectivity index (χ3v) is 6.05. The van der Waals surface area contributed by atoms with Gasteiger partial charge in [0.2, 0.25) is 15.9 Å². The molecule has 9 heteroatoms. The third-order valence-electron chi connectivity index (χ3n) is 4.10. The van der Waals surface area contributed by atoms with Gasteiger partial charge < -0.3 is 10.2 Å². The largest absolute Gasteiger partial charge is 0.355 e. The minimum Gasteiger partial charge on any atom is -0.355 e. The Hall–Kier alpha value is -1.00. The molecular weight excluding hydrogens is 408 g/mol. The zero-order chi connectivity index (χ0) is 18.3. The van der Waals surface area contributed by atoms with E-state index in [1.165, 1.54) is 12.1 Å². The van der Waals surface area contributed by atoms with Crippen molar-refractivity contribution in [2.45, 2.75) is 11.3 Å². The lowest BCUT2D eigenvalue weighted by Crippen LogP contribution is -2.47. The number of sulfonamides is 1. The number of amides is 1. The molecule has 0 radical (unpaired) electrons. The van der Waals surface area contributed by atoms with Crippen molar-refractivity contribution < 1.29 is 13.2 Å². The molecule has 1 aliphatic rings. The predicted octanol–water partition coefficient (Wildman–Crippen LogP) is 0.481. The molecule has 25 heavy (non-hydrogen) atoms. The molecular formula is C16H25BrN4O3S. The summed E-state index contributed by atoms with van der Waals surface area (Å²) >= 11 is 3.25. The summed E-state index contributed by atoms with van der Waals surface area (Å²) in [6.45, 7) is 5.60. The second kappa shape index (κ2) is 9.63. The Balaban J connectivity index is 1.65. The molecule has 0 saturated carbocycles. The van der Waals surface area contributed by atoms with Crippen LogP contribution in [0.5, 0.6) is 0 Å². The summed E-state index contributed by atoms with van der Waals surface area (Å²) in [5.74, 6) is -0.147. The Bertz CT molecular complexity index is 676. The van der Waals surface area contributed by atoms with Crippen molar-refractivity contribution in [2.24, 2.45) is 0 Å². The van der Waals surface area contributed by atoms with Gasteiger partial charge in [0.05, 0.1) is 4.90 Å². The number of piperazine rings is 1. The predicted molar refractivity (Wildman–Crippen MR) is 101 cm³/mol. The van der Waals surface area contributed by atoms with E-state index in [0.29, 0.717) is 11.0 Å². The molecule has 1 aromatic carbocycles. The highest BCUT2D eigenvalue weighted by Gasteiger charge is 2.15. The van der Waals surface area contributed by atoms with Crippen LogP contribution in [0.15, 0.2) is 33.6 Å². The smallest absolute Gasteiger partial charge is 0.240 e. The first kappa shape index (κ1) is 20.3. The normalized spacial score (nSPS) is 16.7. The van der Waals surface area contributed by atoms with Gasteiger partial charge in [-0.25, -0.2) is 13.1 Å². The molecule has 2 rings (SSSR count). The summed E-state index contributed by atoms with van der Waals surface area (Å²) in [6.07, 6.45) is 0.121. The molecule has 0 bridgehead atoms. The van der Waals surface area contributed by atoms with Crippen molar-refractivity contribution in [3.63, 3.8) is 0 Å². The lowest BCUT2D eigenvalue weighted by atomic mass is 10.3. The summed E-state index contributed by atoms with van der Waals surface area (Å²) in [5, 5.41) is 2.84. The minimum atomic E-state index is -3.59. The van der Waals surface area contributed by atoms with Crippen LogP contribution in [0, 0.1) is 0 Å². The van der Waals surface area contributed by atoms with Crippen LogP contribution in [0.3, 0.4) is 0 Å². The van der Waals surface area contributed by atoms with Crippen molar-refractivity contribution in [3.8, 4) is 0 Å². The lowest BCUT2D eigenvalue weighted by Gasteiger charge is -2.32. The first-order valence-corrected chi connectivity index (χ1v) is 10.6. The van der Waals surface area contributed by atoms with Gasteiger partial charge in [0.1, 0.15) is 0 Å². The maximum absolute atomic E-state index is 12.1. The fourth-order valence-electron chi connectivity index (χ4n) is 2.53. The van der Waals surface area contributed by atoms with Crippen LogP contribution >= 0.6 is 15.9 Å². The average Bonchev–Trinajstić information content (AvgIpc) is 2.56. The molecule has 2 N–H and O–H groups in total. The van der Waals surface area contributed by atoms with E-state index < -0.39 is 10.0 Å². The molecule has 7 nitrogen and oxygen atoms in total. The molecule has 1 aromatic rings. The molecule has 140 valence electrons. The zero-order valence-electron chi connectivity index (χ0n) is 14.4. The summed E-state index contributed by atoms with van der Waals surface area (Å²) in [7, 11) is -1.49. The molecule has 1 saturated heterocycles. The van der Waals surface area contributed by atoms with E-state index in [1.807, 2.05) is 0 Å². The number of nitrogens with zero attached hydrogens (tertiary/aromatic N) is 2. The van der Waals surface area contributed by atoms with Gasteiger partial charge in [0.25, 0.3) is 0 Å². The Morgan fingerprint density at radius 2 is 1.92 bits per heavy atom. The van der Waals surface area contributed by atoms with Crippen LogP contribution in [-0.4, -0.2) is 77.0 Å². The maximum Gasteiger partial charge on any atom is 0.240 e. The van der Waals surface area contributed by atoms with E-state index >= 15 is 0 Å². The molecule has 1 aliphatic heterocycles. The number of benzene rings is 1. The second-order valence-electron chi connectivity index (χ2n) is 6.10. The van der Waals surface area contributed by atoms with Crippen molar-refractivity contribution in [1.29, 1.82) is 0 Å². The van der Waals surface area contributed by atoms with Gasteiger partial charge in [-0.15, -0.1) is 0 Å². The molecule has 1 heterocycles. The van der Waals surface area contributed by atoms with Gasteiger partial charge in [0.15, 0.2) is 0 Å². The van der Waals surface area contributed by atoms with Gasteiger partial charge >= 0.3 is 0 Å². The quantitative estimate of drug-likeness (QED) is 0.624. The van der Waals surface area contributed by atoms with Gasteiger partial charge in [0, 0.05) is 56.7 Å². The highest BCUT2D eigenvalue weighted by Crippen LogP contribution is 2.15. The topological polar surface area (TPSA) is 81.8 Å². The van der Waals surface area contributed by atoms with Crippen LogP contribution in [0.25, 0.3) is 0 Å². The van der Waals surface area contributed by atoms with Crippen LogP contribution in [0.1, 0.15) is 6.42 Å². The molecule has 0 atom stereocenters. The van der Waals surface area contributed by atoms with E-state index in [4.69, 9.17) is 0 Å². The van der Waals surface area contributed by atoms with E-state index in [2.05, 4.69) is 42.8 Å². The molecule has 0 aliphatic carbocycles. The monoisotopic (exact) mass is 432 g/mol. The van der Waals surface area contributed by atoms with E-state index in [9.17, 15) is 13.2 Å². The Kier molecular flexibility index (Phi) is 7.82. The first-order chi connectivity index (χ1) is 11.9. The lowest BCUT2D eigenvalue weighted by molar-refractivity contribution is -0.121. The SMILES string of the molecule is CN1CCN(CCNC(=O)CCNS(=O)(=O)c2cccc(Br)c2)CC1. The number of hydrogen-bond acceptors (Lipinski definition) is 5. The fraction of sp³-hybridized carbons (Fsp3) is 0.562. The van der Waals surface area contributed by atoms with Crippen LogP contribution < -0.4 is 10.0 Å². The van der Waals surface area contributed by atoms with E-state index in [1.54, 1.807) is 12.1 Å². The number of halogens is 1. The zero-order valence-corrected chi connectivity index (χ0v) is 16.8. The van der Waals surface area contributed by atoms with Crippen molar-refractivity contribution in [3.05, 3.63) is 28.7 Å². The van der Waals surface area contributed by atoms with Gasteiger partial charge in [-0.1, -0.05) is 22.0 Å². The van der Waals surface area contributed by atoms with E-state index in [-0.39, 0.29) is 23.8 Å². The Labute approximate surface area is 157 Å². The van der Waals surface area contributed by atoms with Crippen LogP contribution in [-0.2, 0) is 14.8 Å². The molecule has 1 fully saturated rings. The minimum absolute atomic E-state index is 0.0786. The first-order valence-electron chi connectivity index (χ1n) is 8.30. The third kappa shape index (κ3) is 7.02. The number of nitrogens with one attached hydrogen (secondary N) is 2. The van der Waals surface area contributed by atoms with Crippen LogP contribution in [0.2, 0.25) is 0 Å². The maximum atomic E-state index is 12.1. The Morgan fingerprint density at radius 3 is 2.60 bits per heavy atom. The highest BCUT2D eigenvalue weighted by atomic mass is 79.9. The van der Waals surface area contributed by atoms with Crippen LogP contribution in [0.4, 0.5) is 0 Å². The fourth-order valence-corrected chi connectivity index (χ4v) is 4.16. The highest BCUT2D eigenvalue weighted by molar-refractivity contribution is 9.10. The summed E-state index contributed by atoms with van der Waals surface area (Å²) in [4.78, 5) is 16.6. The number of likely N-dealkylation sites (N-methyl/N-ethyl adjacent to an activating group) is 1. The molecule has 0 spiro atoms. The van der Waals surface area contributed by atoms with E-state index in [0.717, 1.165) is 32.7 Å². The second-order valence-corrected chi connectivity index (χ2v) is 8.78. The Morgan fingerprint density at radius 1 is 1.20 bits per heavy atom. The average molecular weight is 433 g/mol. The standard InChI is InChI=1S/C16H25BrN4O3S/c1-20-9-11-21(12-10-20)8-7-18-16(22)5-6-19-25(23,24)15-4-2-3-14(17)13-15/h2-4,13,19H,5-12H2,1H3,(H,18,22). The molecule has 1 amide bonds. The summed E-state index contributed by atoms with van der Waals surface area (Å²) in [6, 6.07) is 6.46. The molecule has 0 aromatic heterocycles. The van der Waals surface area contributed by atoms with Gasteiger partial charge in [-0.05, 0) is 25.2 Å². The van der Waals surface area contributed by atoms with Gasteiger partial charge in [-0.2, -0.15) is 0 Å². The number of hydrogen-bond donors (Lipinski definition) is 2. The van der Waals surface area contributed by atoms with Crippen molar-refractivity contribution in [2.75, 3.05) is 52.9 Å². The molecule has 0 unspecified atom stereocenters. The van der Waals surface area contributed by atoms with Crippen molar-refractivity contribution in [1.82, 2.24) is 19.8 Å². The number of carbonyl (C=O) groups excluding carboxylic acids is 1. The summed E-state index contributed by atoms with van der Waals surface area (Å²) in [5.41, 5.74) is 0. The number of rotatable bonds is 8. The summed E-state index contributed by atoms with van der Waals surface area (Å²) < 4.78 is 27.4.